The van der Waals surface area contributed by atoms with Crippen LogP contribution in [0.5, 0.6) is 0 Å². The van der Waals surface area contributed by atoms with Crippen LogP contribution < -0.4 is 10.2 Å². The predicted molar refractivity (Wildman–Crippen MR) is 90.3 cm³/mol. The van der Waals surface area contributed by atoms with Crippen LogP contribution in [-0.2, 0) is 0 Å². The fraction of sp³-hybridized carbons (Fsp3) is 0.722. The second-order valence-electron chi connectivity index (χ2n) is 7.27. The Balaban J connectivity index is 1.43. The van der Waals surface area contributed by atoms with Gasteiger partial charge in [0.25, 0.3) is 0 Å². The summed E-state index contributed by atoms with van der Waals surface area (Å²) < 4.78 is 0. The number of piperazine rings is 1. The lowest BCUT2D eigenvalue weighted by Gasteiger charge is -2.36. The number of aryl methyl sites for hydroxylation is 1. The Morgan fingerprint density at radius 2 is 1.95 bits per heavy atom. The molecule has 4 heteroatoms. The molecule has 22 heavy (non-hydrogen) atoms. The van der Waals surface area contributed by atoms with Gasteiger partial charge in [0.05, 0.1) is 5.69 Å². The smallest absolute Gasteiger partial charge is 0.0596 e. The van der Waals surface area contributed by atoms with Crippen molar-refractivity contribution in [3.05, 3.63) is 23.5 Å². The largest absolute Gasteiger partial charge is 0.369 e. The zero-order chi connectivity index (χ0) is 14.9. The average molecular weight is 300 g/mol. The first-order valence-electron chi connectivity index (χ1n) is 8.97. The van der Waals surface area contributed by atoms with Crippen LogP contribution in [0.4, 0.5) is 5.69 Å². The van der Waals surface area contributed by atoms with Crippen LogP contribution in [0, 0.1) is 12.8 Å². The van der Waals surface area contributed by atoms with Gasteiger partial charge in [-0.05, 0) is 57.2 Å². The maximum atomic E-state index is 4.77. The standard InChI is InChI=1S/C18H28N4/c1-14-11-16(12-18(20-14)17-3-2-6-19-17)22-9-7-21(8-10-22)13-15-4-5-15/h11-12,15,17,19H,2-10,13H2,1H3/t17-/m0/s1. The zero-order valence-electron chi connectivity index (χ0n) is 13.7. The Labute approximate surface area is 133 Å². The lowest BCUT2D eigenvalue weighted by molar-refractivity contribution is 0.248. The highest BCUT2D eigenvalue weighted by Crippen LogP contribution is 2.30. The molecule has 1 N–H and O–H groups in total. The van der Waals surface area contributed by atoms with Gasteiger partial charge in [-0.1, -0.05) is 0 Å². The summed E-state index contributed by atoms with van der Waals surface area (Å²) >= 11 is 0. The summed E-state index contributed by atoms with van der Waals surface area (Å²) in [5.41, 5.74) is 3.77. The van der Waals surface area contributed by atoms with Crippen molar-refractivity contribution >= 4 is 5.69 Å². The third kappa shape index (κ3) is 3.28. The molecule has 2 aliphatic heterocycles. The Morgan fingerprint density at radius 3 is 2.64 bits per heavy atom. The molecule has 1 aromatic rings. The van der Waals surface area contributed by atoms with E-state index in [0.29, 0.717) is 6.04 Å². The van der Waals surface area contributed by atoms with Crippen molar-refractivity contribution in [3.63, 3.8) is 0 Å². The van der Waals surface area contributed by atoms with Crippen LogP contribution in [0.3, 0.4) is 0 Å². The molecule has 0 radical (unpaired) electrons. The van der Waals surface area contributed by atoms with Crippen molar-refractivity contribution in [1.29, 1.82) is 0 Å². The molecule has 0 aromatic carbocycles. The number of anilines is 1. The summed E-state index contributed by atoms with van der Waals surface area (Å²) in [7, 11) is 0. The molecule has 0 amide bonds. The van der Waals surface area contributed by atoms with E-state index in [4.69, 9.17) is 4.98 Å². The average Bonchev–Trinajstić information content (AvgIpc) is 3.17. The SMILES string of the molecule is Cc1cc(N2CCN(CC3CC3)CC2)cc([C@@H]2CCCN2)n1. The predicted octanol–water partition coefficient (Wildman–Crippen LogP) is 2.35. The van der Waals surface area contributed by atoms with Gasteiger partial charge in [0.2, 0.25) is 0 Å². The lowest BCUT2D eigenvalue weighted by Crippen LogP contribution is -2.47. The van der Waals surface area contributed by atoms with E-state index in [0.717, 1.165) is 31.2 Å². The molecule has 0 bridgehead atoms. The quantitative estimate of drug-likeness (QED) is 0.925. The summed E-state index contributed by atoms with van der Waals surface area (Å²) in [6.45, 7) is 9.35. The molecule has 2 saturated heterocycles. The van der Waals surface area contributed by atoms with Gasteiger partial charge >= 0.3 is 0 Å². The maximum Gasteiger partial charge on any atom is 0.0596 e. The van der Waals surface area contributed by atoms with E-state index in [1.54, 1.807) is 0 Å². The minimum atomic E-state index is 0.467. The second kappa shape index (κ2) is 6.17. The molecule has 1 aromatic heterocycles. The summed E-state index contributed by atoms with van der Waals surface area (Å²) in [5.74, 6) is 1.01. The topological polar surface area (TPSA) is 31.4 Å². The van der Waals surface area contributed by atoms with Gasteiger partial charge in [0.1, 0.15) is 0 Å². The zero-order valence-corrected chi connectivity index (χ0v) is 13.7. The van der Waals surface area contributed by atoms with Crippen molar-refractivity contribution in [3.8, 4) is 0 Å². The Hall–Kier alpha value is -1.13. The third-order valence-corrected chi connectivity index (χ3v) is 5.33. The first-order valence-corrected chi connectivity index (χ1v) is 8.97. The van der Waals surface area contributed by atoms with Gasteiger partial charge in [-0.25, -0.2) is 0 Å². The molecular weight excluding hydrogens is 272 g/mol. The highest BCUT2D eigenvalue weighted by Gasteiger charge is 2.27. The molecule has 4 rings (SSSR count). The Bertz CT molecular complexity index is 512. The minimum Gasteiger partial charge on any atom is -0.369 e. The Kier molecular flexibility index (Phi) is 4.05. The van der Waals surface area contributed by atoms with Gasteiger partial charge in [-0.3, -0.25) is 9.88 Å². The number of hydrogen-bond acceptors (Lipinski definition) is 4. The maximum absolute atomic E-state index is 4.77. The second-order valence-corrected chi connectivity index (χ2v) is 7.27. The van der Waals surface area contributed by atoms with Crippen molar-refractivity contribution < 1.29 is 0 Å². The molecule has 1 saturated carbocycles. The van der Waals surface area contributed by atoms with Crippen molar-refractivity contribution in [2.24, 2.45) is 5.92 Å². The summed E-state index contributed by atoms with van der Waals surface area (Å²) in [6.07, 6.45) is 5.42. The number of nitrogens with zero attached hydrogens (tertiary/aromatic N) is 3. The molecule has 4 nitrogen and oxygen atoms in total. The molecule has 120 valence electrons. The van der Waals surface area contributed by atoms with Crippen molar-refractivity contribution in [1.82, 2.24) is 15.2 Å². The molecule has 1 aliphatic carbocycles. The number of rotatable bonds is 4. The van der Waals surface area contributed by atoms with E-state index < -0.39 is 0 Å². The van der Waals surface area contributed by atoms with E-state index in [2.05, 4.69) is 34.2 Å². The van der Waals surface area contributed by atoms with Gasteiger partial charge < -0.3 is 10.2 Å². The lowest BCUT2D eigenvalue weighted by atomic mass is 10.1. The van der Waals surface area contributed by atoms with E-state index >= 15 is 0 Å². The third-order valence-electron chi connectivity index (χ3n) is 5.33. The normalized spacial score (nSPS) is 26.6. The van der Waals surface area contributed by atoms with Crippen LogP contribution in [0.1, 0.15) is 43.1 Å². The van der Waals surface area contributed by atoms with Crippen LogP contribution in [0.25, 0.3) is 0 Å². The summed E-state index contributed by atoms with van der Waals surface area (Å²) in [6, 6.07) is 5.05. The molecule has 0 unspecified atom stereocenters. The van der Waals surface area contributed by atoms with Crippen molar-refractivity contribution in [2.75, 3.05) is 44.2 Å². The van der Waals surface area contributed by atoms with Gasteiger partial charge in [-0.2, -0.15) is 0 Å². The number of hydrogen-bond donors (Lipinski definition) is 1. The fourth-order valence-corrected chi connectivity index (χ4v) is 3.83. The monoisotopic (exact) mass is 300 g/mol. The highest BCUT2D eigenvalue weighted by molar-refractivity contribution is 5.49. The molecular formula is C18H28N4. The van der Waals surface area contributed by atoms with Crippen LogP contribution in [-0.4, -0.2) is 49.2 Å². The van der Waals surface area contributed by atoms with Crippen LogP contribution >= 0.6 is 0 Å². The van der Waals surface area contributed by atoms with E-state index in [1.165, 1.54) is 56.7 Å². The summed E-state index contributed by atoms with van der Waals surface area (Å²) in [5, 5.41) is 3.58. The van der Waals surface area contributed by atoms with Gasteiger partial charge in [-0.15, -0.1) is 0 Å². The first kappa shape index (κ1) is 14.5. The van der Waals surface area contributed by atoms with Gasteiger partial charge in [0, 0.05) is 50.1 Å². The Morgan fingerprint density at radius 1 is 1.14 bits per heavy atom. The minimum absolute atomic E-state index is 0.467. The van der Waals surface area contributed by atoms with Crippen LogP contribution in [0.2, 0.25) is 0 Å². The molecule has 0 spiro atoms. The molecule has 3 fully saturated rings. The summed E-state index contributed by atoms with van der Waals surface area (Å²) in [4.78, 5) is 9.98. The number of pyridine rings is 1. The van der Waals surface area contributed by atoms with Gasteiger partial charge in [0.15, 0.2) is 0 Å². The highest BCUT2D eigenvalue weighted by atomic mass is 15.3. The van der Waals surface area contributed by atoms with E-state index in [9.17, 15) is 0 Å². The van der Waals surface area contributed by atoms with Crippen molar-refractivity contribution in [2.45, 2.75) is 38.6 Å². The number of aromatic nitrogens is 1. The molecule has 3 aliphatic rings. The first-order chi connectivity index (χ1) is 10.8. The molecule has 3 heterocycles. The van der Waals surface area contributed by atoms with E-state index in [1.807, 2.05) is 0 Å². The molecule has 1 atom stereocenters. The fourth-order valence-electron chi connectivity index (χ4n) is 3.83. The number of nitrogens with one attached hydrogen (secondary N) is 1. The van der Waals surface area contributed by atoms with Crippen LogP contribution in [0.15, 0.2) is 12.1 Å². The van der Waals surface area contributed by atoms with E-state index in [-0.39, 0.29) is 0 Å².